The van der Waals surface area contributed by atoms with Gasteiger partial charge in [0.25, 0.3) is 0 Å². The van der Waals surface area contributed by atoms with Crippen molar-refractivity contribution >= 4 is 11.4 Å². The highest BCUT2D eigenvalue weighted by Gasteiger charge is 2.32. The summed E-state index contributed by atoms with van der Waals surface area (Å²) in [4.78, 5) is 2.39. The van der Waals surface area contributed by atoms with E-state index in [0.717, 1.165) is 29.6 Å². The Morgan fingerprint density at radius 2 is 1.95 bits per heavy atom. The van der Waals surface area contributed by atoms with Crippen LogP contribution in [0.5, 0.6) is 5.75 Å². The molecule has 0 bridgehead atoms. The number of rotatable bonds is 8. The first-order chi connectivity index (χ1) is 10.0. The number of methoxy groups -OCH3 is 1. The maximum Gasteiger partial charge on any atom is 0.123 e. The molecule has 2 rings (SSSR count). The highest BCUT2D eigenvalue weighted by atomic mass is 16.5. The topological polar surface area (TPSA) is 47.7 Å². The van der Waals surface area contributed by atoms with Crippen LogP contribution in [0.2, 0.25) is 0 Å². The zero-order valence-corrected chi connectivity index (χ0v) is 13.6. The van der Waals surface area contributed by atoms with Crippen molar-refractivity contribution in [3.8, 4) is 5.75 Å². The Balaban J connectivity index is 2.22. The number of nitrogens with two attached hydrogens (primary N) is 1. The van der Waals surface area contributed by atoms with Gasteiger partial charge in [-0.25, -0.2) is 0 Å². The zero-order chi connectivity index (χ0) is 15.4. The summed E-state index contributed by atoms with van der Waals surface area (Å²) in [5.74, 6) is 1.63. The van der Waals surface area contributed by atoms with Gasteiger partial charge in [-0.1, -0.05) is 0 Å². The van der Waals surface area contributed by atoms with E-state index in [1.807, 2.05) is 26.0 Å². The lowest BCUT2D eigenvalue weighted by Crippen LogP contribution is -2.37. The average Bonchev–Trinajstić information content (AvgIpc) is 3.21. The number of nitrogens with zero attached hydrogens (tertiary/aromatic N) is 1. The highest BCUT2D eigenvalue weighted by Crippen LogP contribution is 2.38. The summed E-state index contributed by atoms with van der Waals surface area (Å²) < 4.78 is 11.1. The lowest BCUT2D eigenvalue weighted by Gasteiger charge is -2.32. The van der Waals surface area contributed by atoms with Crippen molar-refractivity contribution < 1.29 is 9.47 Å². The molecule has 1 aliphatic rings. The fourth-order valence-electron chi connectivity index (χ4n) is 2.70. The molecule has 0 radical (unpaired) electrons. The van der Waals surface area contributed by atoms with E-state index in [2.05, 4.69) is 17.9 Å². The van der Waals surface area contributed by atoms with Gasteiger partial charge in [0, 0.05) is 43.2 Å². The monoisotopic (exact) mass is 292 g/mol. The fraction of sp³-hybridized carbons (Fsp3) is 0.647. The van der Waals surface area contributed by atoms with Gasteiger partial charge in [-0.15, -0.1) is 0 Å². The van der Waals surface area contributed by atoms with Crippen LogP contribution in [0, 0.1) is 5.92 Å². The van der Waals surface area contributed by atoms with Gasteiger partial charge < -0.3 is 20.1 Å². The molecule has 1 saturated carbocycles. The van der Waals surface area contributed by atoms with Crippen LogP contribution in [0.1, 0.15) is 33.6 Å². The summed E-state index contributed by atoms with van der Waals surface area (Å²) in [6.45, 7) is 7.93. The Bertz CT molecular complexity index is 458. The molecule has 0 aliphatic heterocycles. The molecule has 21 heavy (non-hydrogen) atoms. The number of nitrogen functional groups attached to an aromatic ring is 1. The minimum Gasteiger partial charge on any atom is -0.491 e. The van der Waals surface area contributed by atoms with E-state index in [1.165, 1.54) is 12.8 Å². The Kier molecular flexibility index (Phi) is 5.34. The molecule has 0 saturated heterocycles. The van der Waals surface area contributed by atoms with Crippen molar-refractivity contribution in [1.82, 2.24) is 0 Å². The van der Waals surface area contributed by atoms with Crippen LogP contribution in [0.15, 0.2) is 18.2 Å². The van der Waals surface area contributed by atoms with Crippen molar-refractivity contribution in [3.05, 3.63) is 18.2 Å². The molecule has 1 fully saturated rings. The predicted molar refractivity (Wildman–Crippen MR) is 88.0 cm³/mol. The molecule has 1 atom stereocenters. The van der Waals surface area contributed by atoms with E-state index < -0.39 is 0 Å². The molecule has 0 heterocycles. The summed E-state index contributed by atoms with van der Waals surface area (Å²) in [6.07, 6.45) is 2.79. The van der Waals surface area contributed by atoms with E-state index in [-0.39, 0.29) is 6.10 Å². The van der Waals surface area contributed by atoms with Gasteiger partial charge in [0.1, 0.15) is 5.75 Å². The smallest absolute Gasteiger partial charge is 0.123 e. The molecule has 1 aromatic carbocycles. The maximum atomic E-state index is 6.06. The lowest BCUT2D eigenvalue weighted by molar-refractivity contribution is 0.202. The molecule has 118 valence electrons. The number of benzene rings is 1. The second-order valence-electron chi connectivity index (χ2n) is 6.19. The quantitative estimate of drug-likeness (QED) is 0.747. The molecule has 4 nitrogen and oxygen atoms in total. The first-order valence-corrected chi connectivity index (χ1v) is 7.84. The summed E-state index contributed by atoms with van der Waals surface area (Å²) in [7, 11) is 1.74. The largest absolute Gasteiger partial charge is 0.491 e. The van der Waals surface area contributed by atoms with E-state index in [9.17, 15) is 0 Å². The molecule has 1 aromatic rings. The number of anilines is 2. The Morgan fingerprint density at radius 1 is 1.24 bits per heavy atom. The molecule has 2 N–H and O–H groups in total. The second kappa shape index (κ2) is 7.03. The minimum atomic E-state index is 0.146. The summed E-state index contributed by atoms with van der Waals surface area (Å²) >= 11 is 0. The Hall–Kier alpha value is -1.42. The summed E-state index contributed by atoms with van der Waals surface area (Å²) in [5, 5.41) is 0. The van der Waals surface area contributed by atoms with Gasteiger partial charge in [0.05, 0.1) is 12.7 Å². The molecular weight excluding hydrogens is 264 g/mol. The van der Waals surface area contributed by atoms with E-state index in [0.29, 0.717) is 12.6 Å². The van der Waals surface area contributed by atoms with Crippen molar-refractivity contribution in [2.75, 3.05) is 30.9 Å². The van der Waals surface area contributed by atoms with Crippen molar-refractivity contribution in [3.63, 3.8) is 0 Å². The summed E-state index contributed by atoms with van der Waals surface area (Å²) in [6, 6.07) is 6.51. The van der Waals surface area contributed by atoms with Gasteiger partial charge in [0.2, 0.25) is 0 Å². The van der Waals surface area contributed by atoms with Crippen LogP contribution in [0.25, 0.3) is 0 Å². The van der Waals surface area contributed by atoms with Crippen LogP contribution >= 0.6 is 0 Å². The molecule has 1 aliphatic carbocycles. The summed E-state index contributed by atoms with van der Waals surface area (Å²) in [5.41, 5.74) is 7.93. The first-order valence-electron chi connectivity index (χ1n) is 7.84. The number of hydrogen-bond acceptors (Lipinski definition) is 4. The van der Waals surface area contributed by atoms with Crippen LogP contribution in [0.4, 0.5) is 11.4 Å². The second-order valence-corrected chi connectivity index (χ2v) is 6.19. The Labute approximate surface area is 128 Å². The van der Waals surface area contributed by atoms with Crippen LogP contribution in [-0.2, 0) is 4.74 Å². The Morgan fingerprint density at radius 3 is 2.52 bits per heavy atom. The molecule has 0 amide bonds. The molecule has 1 unspecified atom stereocenters. The van der Waals surface area contributed by atoms with Gasteiger partial charge in [0.15, 0.2) is 0 Å². The number of ether oxygens (including phenoxy) is 2. The van der Waals surface area contributed by atoms with E-state index in [1.54, 1.807) is 7.11 Å². The third-order valence-corrected chi connectivity index (χ3v) is 3.95. The van der Waals surface area contributed by atoms with Gasteiger partial charge in [-0.05, 0) is 45.6 Å². The third-order valence-electron chi connectivity index (χ3n) is 3.95. The highest BCUT2D eigenvalue weighted by molar-refractivity contribution is 5.61. The average molecular weight is 292 g/mol. The first kappa shape index (κ1) is 16.0. The van der Waals surface area contributed by atoms with Gasteiger partial charge >= 0.3 is 0 Å². The van der Waals surface area contributed by atoms with E-state index >= 15 is 0 Å². The predicted octanol–water partition coefficient (Wildman–Crippen LogP) is 3.31. The fourth-order valence-corrected chi connectivity index (χ4v) is 2.70. The zero-order valence-electron chi connectivity index (χ0n) is 13.6. The molecule has 0 spiro atoms. The number of hydrogen-bond donors (Lipinski definition) is 1. The molecule has 0 aromatic heterocycles. The lowest BCUT2D eigenvalue weighted by atomic mass is 10.1. The SMILES string of the molecule is COCCN(c1cc(N)cc(OC(C)C)c1)C(C)C1CC1. The van der Waals surface area contributed by atoms with Crippen LogP contribution in [0.3, 0.4) is 0 Å². The standard InChI is InChI=1S/C17H28N2O2/c1-12(2)21-17-10-15(18)9-16(11-17)19(7-8-20-4)13(3)14-5-6-14/h9-14H,5-8,18H2,1-4H3. The van der Waals surface area contributed by atoms with Gasteiger partial charge in [-0.3, -0.25) is 0 Å². The normalized spacial score (nSPS) is 16.0. The maximum absolute atomic E-state index is 6.06. The van der Waals surface area contributed by atoms with Crippen molar-refractivity contribution in [2.24, 2.45) is 5.92 Å². The van der Waals surface area contributed by atoms with Crippen LogP contribution < -0.4 is 15.4 Å². The molecule has 4 heteroatoms. The van der Waals surface area contributed by atoms with E-state index in [4.69, 9.17) is 15.2 Å². The molecular formula is C17H28N2O2. The van der Waals surface area contributed by atoms with Crippen molar-refractivity contribution in [2.45, 2.75) is 45.8 Å². The third kappa shape index (κ3) is 4.53. The van der Waals surface area contributed by atoms with Crippen LogP contribution in [-0.4, -0.2) is 32.4 Å². The van der Waals surface area contributed by atoms with Gasteiger partial charge in [-0.2, -0.15) is 0 Å². The minimum absolute atomic E-state index is 0.146. The van der Waals surface area contributed by atoms with Crippen molar-refractivity contribution in [1.29, 1.82) is 0 Å².